The summed E-state index contributed by atoms with van der Waals surface area (Å²) >= 11 is 0. The molecule has 0 aromatic rings. The summed E-state index contributed by atoms with van der Waals surface area (Å²) in [5, 5.41) is 20.6. The van der Waals surface area contributed by atoms with E-state index in [4.69, 9.17) is 32.3 Å². The second kappa shape index (κ2) is 69.6. The summed E-state index contributed by atoms with van der Waals surface area (Å²) < 4.78 is 60.9. The standard InChI is InChI=1S/C77H130O16P2/c1-4-7-10-13-16-19-22-24-26-28-30-32-33-34-35-36-37-39-41-42-44-46-49-51-54-57-60-63-75(80)87-66-72(78)67-89-94(83,84)90-68-73(79)69-91-95(85,86)92-71-74(93-77(82)65-62-59-56-53-48-21-18-15-12-9-6-3)70-88-76(81)64-61-58-55-52-50-47-45-43-40-38-31-29-27-25-23-20-17-14-11-8-5-2/h7-8,10-11,16-17,19-20,24-27,30-32,34-35,38,43,45,50,52,72-74,78-79H,4-6,9,12-15,18,21-23,28-29,33,36-37,39-42,44,46-49,51,53-71H2,1-3H3,(H,83,84)(H,85,86)/b10-7-,11-8-,19-16-,20-17-,26-24-,27-25-,32-30-,35-34-,38-31-,45-43-,52-50-. The molecule has 0 radical (unpaired) electrons. The number of carbonyl (C=O) groups excluding carboxylic acids is 3. The molecule has 5 unspecified atom stereocenters. The smallest absolute Gasteiger partial charge is 0.463 e. The van der Waals surface area contributed by atoms with Crippen molar-refractivity contribution in [1.82, 2.24) is 0 Å². The number of aliphatic hydroxyl groups excluding tert-OH is 2. The molecule has 95 heavy (non-hydrogen) atoms. The lowest BCUT2D eigenvalue weighted by molar-refractivity contribution is -0.161. The fourth-order valence-electron chi connectivity index (χ4n) is 9.36. The average molecular weight is 1370 g/mol. The summed E-state index contributed by atoms with van der Waals surface area (Å²) in [5.41, 5.74) is 0. The van der Waals surface area contributed by atoms with Crippen molar-refractivity contribution in [3.05, 3.63) is 134 Å². The van der Waals surface area contributed by atoms with Gasteiger partial charge < -0.3 is 34.2 Å². The predicted molar refractivity (Wildman–Crippen MR) is 390 cm³/mol. The number of phosphoric acid groups is 2. The summed E-state index contributed by atoms with van der Waals surface area (Å²) in [4.78, 5) is 58.4. The third kappa shape index (κ3) is 70.8. The Morgan fingerprint density at radius 2 is 0.558 bits per heavy atom. The van der Waals surface area contributed by atoms with Crippen LogP contribution >= 0.6 is 15.6 Å². The normalized spacial score (nSPS) is 14.9. The van der Waals surface area contributed by atoms with E-state index in [1.807, 2.05) is 0 Å². The minimum Gasteiger partial charge on any atom is -0.463 e. The van der Waals surface area contributed by atoms with Crippen molar-refractivity contribution in [1.29, 1.82) is 0 Å². The number of unbranched alkanes of at least 4 members (excludes halogenated alkanes) is 23. The highest BCUT2D eigenvalue weighted by Gasteiger charge is 2.29. The lowest BCUT2D eigenvalue weighted by Crippen LogP contribution is -2.30. The highest BCUT2D eigenvalue weighted by Crippen LogP contribution is 2.45. The molecule has 0 aromatic carbocycles. The Hall–Kier alpha value is -4.31. The Balaban J connectivity index is 4.53. The molecule has 0 aliphatic heterocycles. The molecule has 0 heterocycles. The molecule has 18 heteroatoms. The number of rotatable bonds is 68. The monoisotopic (exact) mass is 1370 g/mol. The topological polar surface area (TPSA) is 231 Å². The molecule has 4 N–H and O–H groups in total. The number of esters is 3. The minimum absolute atomic E-state index is 0.0941. The molecule has 0 aromatic heterocycles. The first kappa shape index (κ1) is 90.7. The number of allylic oxidation sites excluding steroid dienone is 22. The molecule has 0 aliphatic rings. The van der Waals surface area contributed by atoms with Gasteiger partial charge in [0.1, 0.15) is 25.4 Å². The molecule has 0 spiro atoms. The first-order valence-corrected chi connectivity index (χ1v) is 39.5. The van der Waals surface area contributed by atoms with E-state index in [0.717, 1.165) is 135 Å². The number of aliphatic hydroxyl groups is 2. The van der Waals surface area contributed by atoms with Gasteiger partial charge in [-0.3, -0.25) is 32.5 Å². The van der Waals surface area contributed by atoms with Crippen LogP contribution in [0.25, 0.3) is 0 Å². The molecule has 16 nitrogen and oxygen atoms in total. The quantitative estimate of drug-likeness (QED) is 0.0146. The van der Waals surface area contributed by atoms with E-state index in [1.54, 1.807) is 0 Å². The number of hydrogen-bond acceptors (Lipinski definition) is 14. The van der Waals surface area contributed by atoms with Crippen LogP contribution in [0, 0.1) is 0 Å². The van der Waals surface area contributed by atoms with Crippen LogP contribution in [0.1, 0.15) is 278 Å². The Morgan fingerprint density at radius 3 is 0.905 bits per heavy atom. The number of ether oxygens (including phenoxy) is 3. The van der Waals surface area contributed by atoms with Crippen LogP contribution < -0.4 is 0 Å². The van der Waals surface area contributed by atoms with Crippen LogP contribution in [0.4, 0.5) is 0 Å². The molecular formula is C77H130O16P2. The van der Waals surface area contributed by atoms with Gasteiger partial charge in [-0.1, -0.05) is 276 Å². The number of hydrogen-bond donors (Lipinski definition) is 4. The Labute approximate surface area is 575 Å². The maximum absolute atomic E-state index is 12.9. The van der Waals surface area contributed by atoms with Crippen molar-refractivity contribution < 1.29 is 75.8 Å². The minimum atomic E-state index is -4.93. The van der Waals surface area contributed by atoms with Gasteiger partial charge in [-0.2, -0.15) is 0 Å². The second-order valence-electron chi connectivity index (χ2n) is 24.0. The summed E-state index contributed by atoms with van der Waals surface area (Å²) in [5.74, 6) is -1.63. The summed E-state index contributed by atoms with van der Waals surface area (Å²) in [6.45, 7) is 2.38. The van der Waals surface area contributed by atoms with E-state index in [2.05, 4.69) is 154 Å². The first-order chi connectivity index (χ1) is 46.2. The van der Waals surface area contributed by atoms with E-state index in [-0.39, 0.29) is 19.3 Å². The number of phosphoric ester groups is 2. The van der Waals surface area contributed by atoms with E-state index < -0.39 is 91.5 Å². The highest BCUT2D eigenvalue weighted by atomic mass is 31.2. The third-order valence-electron chi connectivity index (χ3n) is 14.9. The molecular weight excluding hydrogens is 1240 g/mol. The Morgan fingerprint density at radius 1 is 0.305 bits per heavy atom. The second-order valence-corrected chi connectivity index (χ2v) is 26.9. The van der Waals surface area contributed by atoms with Crippen LogP contribution in [-0.2, 0) is 55.8 Å². The van der Waals surface area contributed by atoms with Gasteiger partial charge in [0, 0.05) is 19.3 Å². The van der Waals surface area contributed by atoms with Crippen LogP contribution in [0.2, 0.25) is 0 Å². The molecule has 0 rings (SSSR count). The predicted octanol–water partition coefficient (Wildman–Crippen LogP) is 20.8. The average Bonchev–Trinajstić information content (AvgIpc) is 3.77. The summed E-state index contributed by atoms with van der Waals surface area (Å²) in [6.07, 6.45) is 82.3. The highest BCUT2D eigenvalue weighted by molar-refractivity contribution is 7.47. The van der Waals surface area contributed by atoms with Crippen molar-refractivity contribution in [3.63, 3.8) is 0 Å². The van der Waals surface area contributed by atoms with Crippen LogP contribution in [0.15, 0.2) is 134 Å². The van der Waals surface area contributed by atoms with Gasteiger partial charge in [-0.05, 0) is 116 Å². The third-order valence-corrected chi connectivity index (χ3v) is 16.8. The zero-order chi connectivity index (χ0) is 69.5. The Kier molecular flexibility index (Phi) is 66.4. The maximum atomic E-state index is 12.9. The molecule has 544 valence electrons. The van der Waals surface area contributed by atoms with Gasteiger partial charge >= 0.3 is 33.6 Å². The van der Waals surface area contributed by atoms with Gasteiger partial charge in [-0.25, -0.2) is 9.13 Å². The largest absolute Gasteiger partial charge is 0.472 e. The van der Waals surface area contributed by atoms with Crippen molar-refractivity contribution in [2.24, 2.45) is 0 Å². The Bertz CT molecular complexity index is 2260. The first-order valence-electron chi connectivity index (χ1n) is 36.5. The van der Waals surface area contributed by atoms with Crippen molar-refractivity contribution >= 4 is 33.6 Å². The van der Waals surface area contributed by atoms with Gasteiger partial charge in [0.2, 0.25) is 0 Å². The van der Waals surface area contributed by atoms with E-state index >= 15 is 0 Å². The lowest BCUT2D eigenvalue weighted by Gasteiger charge is -2.21. The molecule has 0 saturated carbocycles. The SMILES string of the molecule is CC/C=C\C/C=C\C/C=C\C/C=C\C/C=C\C/C=C\CCCCC(=O)OCC(COP(=O)(O)OCC(O)COP(=O)(O)OCC(O)COC(=O)CCCCCCCCCCCCC/C=C\C/C=C\C/C=C\C/C=C\C/C=C\CC)OC(=O)CCCCCCCCCCCCC. The fourth-order valence-corrected chi connectivity index (χ4v) is 10.9. The summed E-state index contributed by atoms with van der Waals surface area (Å²) in [7, 11) is -9.79. The van der Waals surface area contributed by atoms with Crippen LogP contribution in [-0.4, -0.2) is 95.9 Å². The van der Waals surface area contributed by atoms with Crippen LogP contribution in [0.5, 0.6) is 0 Å². The molecule has 5 atom stereocenters. The van der Waals surface area contributed by atoms with Crippen molar-refractivity contribution in [3.8, 4) is 0 Å². The lowest BCUT2D eigenvalue weighted by atomic mass is 10.0. The van der Waals surface area contributed by atoms with Gasteiger partial charge in [-0.15, -0.1) is 0 Å². The molecule has 0 aliphatic carbocycles. The number of carbonyl (C=O) groups is 3. The zero-order valence-electron chi connectivity index (χ0n) is 59.0. The van der Waals surface area contributed by atoms with Gasteiger partial charge in [0.05, 0.1) is 26.4 Å². The molecule has 0 amide bonds. The van der Waals surface area contributed by atoms with Gasteiger partial charge in [0.15, 0.2) is 6.10 Å². The van der Waals surface area contributed by atoms with E-state index in [9.17, 15) is 43.5 Å². The van der Waals surface area contributed by atoms with Crippen molar-refractivity contribution in [2.75, 3.05) is 39.6 Å². The molecule has 0 bridgehead atoms. The van der Waals surface area contributed by atoms with E-state index in [0.29, 0.717) is 19.3 Å². The maximum Gasteiger partial charge on any atom is 0.472 e. The van der Waals surface area contributed by atoms with Crippen molar-refractivity contribution in [2.45, 2.75) is 296 Å². The molecule has 0 fully saturated rings. The fraction of sp³-hybridized carbons (Fsp3) is 0.675. The summed E-state index contributed by atoms with van der Waals surface area (Å²) in [6, 6.07) is 0. The van der Waals surface area contributed by atoms with Crippen LogP contribution in [0.3, 0.4) is 0 Å². The van der Waals surface area contributed by atoms with Gasteiger partial charge in [0.25, 0.3) is 0 Å². The van der Waals surface area contributed by atoms with E-state index in [1.165, 1.54) is 83.5 Å². The molecule has 0 saturated heterocycles. The zero-order valence-corrected chi connectivity index (χ0v) is 60.8.